The van der Waals surface area contributed by atoms with Gasteiger partial charge >= 0.3 is 0 Å². The van der Waals surface area contributed by atoms with E-state index >= 15 is 0 Å². The maximum atomic E-state index is 11.1. The van der Waals surface area contributed by atoms with Crippen molar-refractivity contribution in [2.45, 2.75) is 45.2 Å². The highest BCUT2D eigenvalue weighted by Gasteiger charge is 2.06. The average molecular weight is 237 g/mol. The zero-order valence-electron chi connectivity index (χ0n) is 10.8. The molecule has 0 saturated heterocycles. The van der Waals surface area contributed by atoms with Gasteiger partial charge in [-0.1, -0.05) is 13.3 Å². The summed E-state index contributed by atoms with van der Waals surface area (Å²) in [5, 5.41) is 2.62. The van der Waals surface area contributed by atoms with Gasteiger partial charge in [-0.2, -0.15) is 0 Å². The lowest BCUT2D eigenvalue weighted by Gasteiger charge is -2.07. The molecule has 0 aliphatic heterocycles. The van der Waals surface area contributed by atoms with E-state index in [4.69, 9.17) is 5.73 Å². The van der Waals surface area contributed by atoms with Gasteiger partial charge in [-0.05, 0) is 24.5 Å². The Morgan fingerprint density at radius 2 is 2.35 bits per heavy atom. The number of nitrogens with two attached hydrogens (primary N) is 1. The lowest BCUT2D eigenvalue weighted by molar-refractivity contribution is -0.120. The van der Waals surface area contributed by atoms with Crippen molar-refractivity contribution >= 4 is 5.91 Å². The molecule has 0 aliphatic rings. The highest BCUT2D eigenvalue weighted by atomic mass is 16.1. The molecule has 1 amide bonds. The van der Waals surface area contributed by atoms with Gasteiger partial charge in [-0.3, -0.25) is 4.79 Å². The number of aromatic nitrogens is 1. The van der Waals surface area contributed by atoms with E-state index in [1.54, 1.807) is 7.05 Å². The van der Waals surface area contributed by atoms with E-state index in [-0.39, 0.29) is 11.9 Å². The molecule has 0 aliphatic carbocycles. The van der Waals surface area contributed by atoms with Crippen LogP contribution in [0, 0.1) is 0 Å². The van der Waals surface area contributed by atoms with Crippen molar-refractivity contribution in [2.24, 2.45) is 5.73 Å². The van der Waals surface area contributed by atoms with E-state index in [0.717, 1.165) is 25.8 Å². The number of hydrogen-bond acceptors (Lipinski definition) is 2. The number of nitrogens with zero attached hydrogens (tertiary/aromatic N) is 1. The third-order valence-electron chi connectivity index (χ3n) is 2.90. The van der Waals surface area contributed by atoms with Gasteiger partial charge in [0.15, 0.2) is 0 Å². The minimum atomic E-state index is 0.0973. The first-order chi connectivity index (χ1) is 8.17. The van der Waals surface area contributed by atoms with Crippen LogP contribution in [0.5, 0.6) is 0 Å². The highest BCUT2D eigenvalue weighted by Crippen LogP contribution is 2.16. The standard InChI is InChI=1S/C13H23N3O/c1-3-5-12(14)11-7-9-16(10-11)8-4-6-13(17)15-2/h7,9-10,12H,3-6,8,14H2,1-2H3,(H,15,17). The summed E-state index contributed by atoms with van der Waals surface area (Å²) in [5.41, 5.74) is 7.23. The Kier molecular flexibility index (Phi) is 5.77. The Morgan fingerprint density at radius 3 is 3.00 bits per heavy atom. The Bertz CT molecular complexity index is 346. The summed E-state index contributed by atoms with van der Waals surface area (Å²) < 4.78 is 2.10. The number of aryl methyl sites for hydroxylation is 1. The van der Waals surface area contributed by atoms with Crippen LogP contribution in [0.2, 0.25) is 0 Å². The normalized spacial score (nSPS) is 12.4. The second-order valence-corrected chi connectivity index (χ2v) is 4.35. The second kappa shape index (κ2) is 7.12. The van der Waals surface area contributed by atoms with Gasteiger partial charge in [0, 0.05) is 38.4 Å². The van der Waals surface area contributed by atoms with E-state index < -0.39 is 0 Å². The Hall–Kier alpha value is -1.29. The predicted octanol–water partition coefficient (Wildman–Crippen LogP) is 1.81. The molecule has 4 heteroatoms. The molecular formula is C13H23N3O. The molecular weight excluding hydrogens is 214 g/mol. The van der Waals surface area contributed by atoms with E-state index in [2.05, 4.69) is 29.1 Å². The molecule has 0 saturated carbocycles. The largest absolute Gasteiger partial charge is 0.359 e. The first kappa shape index (κ1) is 13.8. The monoisotopic (exact) mass is 237 g/mol. The van der Waals surface area contributed by atoms with Gasteiger partial charge in [0.1, 0.15) is 0 Å². The SMILES string of the molecule is CCCC(N)c1ccn(CCCC(=O)NC)c1. The molecule has 17 heavy (non-hydrogen) atoms. The molecule has 1 atom stereocenters. The van der Waals surface area contributed by atoms with E-state index in [0.29, 0.717) is 6.42 Å². The number of nitrogens with one attached hydrogen (secondary N) is 1. The summed E-state index contributed by atoms with van der Waals surface area (Å²) in [4.78, 5) is 11.1. The summed E-state index contributed by atoms with van der Waals surface area (Å²) in [5.74, 6) is 0.0973. The van der Waals surface area contributed by atoms with Crippen LogP contribution >= 0.6 is 0 Å². The average Bonchev–Trinajstić information content (AvgIpc) is 2.78. The van der Waals surface area contributed by atoms with Gasteiger partial charge < -0.3 is 15.6 Å². The summed E-state index contributed by atoms with van der Waals surface area (Å²) in [6, 6.07) is 2.21. The number of carbonyl (C=O) groups is 1. The van der Waals surface area contributed by atoms with Crippen molar-refractivity contribution < 1.29 is 4.79 Å². The fourth-order valence-electron chi connectivity index (χ4n) is 1.84. The molecule has 4 nitrogen and oxygen atoms in total. The molecule has 96 valence electrons. The Morgan fingerprint density at radius 1 is 1.59 bits per heavy atom. The molecule has 0 spiro atoms. The molecule has 0 radical (unpaired) electrons. The van der Waals surface area contributed by atoms with Crippen molar-refractivity contribution in [3.63, 3.8) is 0 Å². The minimum Gasteiger partial charge on any atom is -0.359 e. The van der Waals surface area contributed by atoms with E-state index in [1.807, 2.05) is 6.20 Å². The molecule has 0 bridgehead atoms. The van der Waals surface area contributed by atoms with Gasteiger partial charge in [0.25, 0.3) is 0 Å². The molecule has 1 rings (SSSR count). The molecule has 3 N–H and O–H groups in total. The second-order valence-electron chi connectivity index (χ2n) is 4.35. The first-order valence-corrected chi connectivity index (χ1v) is 6.29. The third-order valence-corrected chi connectivity index (χ3v) is 2.90. The third kappa shape index (κ3) is 4.61. The quantitative estimate of drug-likeness (QED) is 0.760. The molecule has 0 aromatic carbocycles. The van der Waals surface area contributed by atoms with Crippen LogP contribution in [0.4, 0.5) is 0 Å². The summed E-state index contributed by atoms with van der Waals surface area (Å²) >= 11 is 0. The van der Waals surface area contributed by atoms with Gasteiger partial charge in [-0.25, -0.2) is 0 Å². The highest BCUT2D eigenvalue weighted by molar-refractivity contribution is 5.75. The van der Waals surface area contributed by atoms with Crippen LogP contribution in [-0.4, -0.2) is 17.5 Å². The fraction of sp³-hybridized carbons (Fsp3) is 0.615. The summed E-state index contributed by atoms with van der Waals surface area (Å²) in [6.07, 6.45) is 7.67. The topological polar surface area (TPSA) is 60.0 Å². The van der Waals surface area contributed by atoms with Crippen LogP contribution in [0.3, 0.4) is 0 Å². The van der Waals surface area contributed by atoms with Crippen LogP contribution in [0.1, 0.15) is 44.2 Å². The van der Waals surface area contributed by atoms with Crippen LogP contribution < -0.4 is 11.1 Å². The molecule has 1 unspecified atom stereocenters. The van der Waals surface area contributed by atoms with Gasteiger partial charge in [0.2, 0.25) is 5.91 Å². The predicted molar refractivity (Wildman–Crippen MR) is 69.6 cm³/mol. The zero-order valence-corrected chi connectivity index (χ0v) is 10.8. The Balaban J connectivity index is 2.38. The van der Waals surface area contributed by atoms with E-state index in [9.17, 15) is 4.79 Å². The first-order valence-electron chi connectivity index (χ1n) is 6.29. The molecule has 1 aromatic heterocycles. The summed E-state index contributed by atoms with van der Waals surface area (Å²) in [7, 11) is 1.67. The smallest absolute Gasteiger partial charge is 0.219 e. The number of rotatable bonds is 7. The number of carbonyl (C=O) groups excluding carboxylic acids is 1. The van der Waals surface area contributed by atoms with Crippen molar-refractivity contribution in [2.75, 3.05) is 7.05 Å². The number of hydrogen-bond donors (Lipinski definition) is 2. The minimum absolute atomic E-state index is 0.0973. The Labute approximate surface area is 103 Å². The molecule has 1 heterocycles. The fourth-order valence-corrected chi connectivity index (χ4v) is 1.84. The van der Waals surface area contributed by atoms with Gasteiger partial charge in [-0.15, -0.1) is 0 Å². The zero-order chi connectivity index (χ0) is 12.7. The van der Waals surface area contributed by atoms with Crippen molar-refractivity contribution in [3.05, 3.63) is 24.0 Å². The van der Waals surface area contributed by atoms with Crippen LogP contribution in [-0.2, 0) is 11.3 Å². The molecule has 1 aromatic rings. The molecule has 0 fully saturated rings. The van der Waals surface area contributed by atoms with Crippen molar-refractivity contribution in [1.82, 2.24) is 9.88 Å². The van der Waals surface area contributed by atoms with Crippen molar-refractivity contribution in [3.8, 4) is 0 Å². The number of amides is 1. The summed E-state index contributed by atoms with van der Waals surface area (Å²) in [6.45, 7) is 3.01. The maximum Gasteiger partial charge on any atom is 0.219 e. The van der Waals surface area contributed by atoms with E-state index in [1.165, 1.54) is 5.56 Å². The lowest BCUT2D eigenvalue weighted by Crippen LogP contribution is -2.17. The van der Waals surface area contributed by atoms with Crippen LogP contribution in [0.15, 0.2) is 18.5 Å². The maximum absolute atomic E-state index is 11.1. The van der Waals surface area contributed by atoms with Crippen molar-refractivity contribution in [1.29, 1.82) is 0 Å². The van der Waals surface area contributed by atoms with Gasteiger partial charge in [0.05, 0.1) is 0 Å². The van der Waals surface area contributed by atoms with Crippen LogP contribution in [0.25, 0.3) is 0 Å². The lowest BCUT2D eigenvalue weighted by atomic mass is 10.1.